The smallest absolute Gasteiger partial charge is 0.262 e. The Bertz CT molecular complexity index is 969. The fourth-order valence-electron chi connectivity index (χ4n) is 2.76. The molecule has 2 N–H and O–H groups in total. The maximum Gasteiger partial charge on any atom is 0.262 e. The van der Waals surface area contributed by atoms with Crippen molar-refractivity contribution in [2.24, 2.45) is 0 Å². The van der Waals surface area contributed by atoms with Crippen LogP contribution in [0.25, 0.3) is 11.0 Å². The normalized spacial score (nSPS) is 10.9. The predicted molar refractivity (Wildman–Crippen MR) is 112 cm³/mol. The van der Waals surface area contributed by atoms with Crippen LogP contribution < -0.4 is 15.4 Å². The first kappa shape index (κ1) is 20.3. The molecule has 0 aliphatic carbocycles. The summed E-state index contributed by atoms with van der Waals surface area (Å²) in [6, 6.07) is 14.6. The van der Waals surface area contributed by atoms with E-state index in [1.54, 1.807) is 35.2 Å². The summed E-state index contributed by atoms with van der Waals surface area (Å²) < 4.78 is 7.23. The highest BCUT2D eigenvalue weighted by Gasteiger charge is 2.09. The SMILES string of the molecule is CN(C)CCNC(=O)Cn1cnc2cc(NC(=O)COc3ccccc3)ccc21. The number of carbonyl (C=O) groups excluding carboxylic acids is 2. The number of ether oxygens (including phenoxy) is 1. The number of anilines is 1. The van der Waals surface area contributed by atoms with Gasteiger partial charge in [0.2, 0.25) is 5.91 Å². The molecule has 2 amide bonds. The fraction of sp³-hybridized carbons (Fsp3) is 0.286. The largest absolute Gasteiger partial charge is 0.484 e. The van der Waals surface area contributed by atoms with Crippen molar-refractivity contribution in [3.8, 4) is 5.75 Å². The Labute approximate surface area is 169 Å². The van der Waals surface area contributed by atoms with E-state index in [4.69, 9.17) is 4.74 Å². The second kappa shape index (κ2) is 9.70. The molecule has 8 nitrogen and oxygen atoms in total. The Morgan fingerprint density at radius 3 is 2.66 bits per heavy atom. The second-order valence-corrected chi connectivity index (χ2v) is 6.88. The third-order valence-corrected chi connectivity index (χ3v) is 4.21. The van der Waals surface area contributed by atoms with Crippen molar-refractivity contribution in [3.05, 3.63) is 54.9 Å². The minimum absolute atomic E-state index is 0.0680. The summed E-state index contributed by atoms with van der Waals surface area (Å²) >= 11 is 0. The Morgan fingerprint density at radius 2 is 1.90 bits per heavy atom. The van der Waals surface area contributed by atoms with Gasteiger partial charge in [-0.1, -0.05) is 18.2 Å². The van der Waals surface area contributed by atoms with Crippen molar-refractivity contribution < 1.29 is 14.3 Å². The van der Waals surface area contributed by atoms with Gasteiger partial charge in [0.05, 0.1) is 17.4 Å². The molecule has 0 saturated carbocycles. The first-order valence-electron chi connectivity index (χ1n) is 9.35. The number of likely N-dealkylation sites (N-methyl/N-ethyl adjacent to an activating group) is 1. The van der Waals surface area contributed by atoms with Crippen LogP contribution in [0.5, 0.6) is 5.75 Å². The lowest BCUT2D eigenvalue weighted by molar-refractivity contribution is -0.121. The van der Waals surface area contributed by atoms with Crippen molar-refractivity contribution in [3.63, 3.8) is 0 Å². The van der Waals surface area contributed by atoms with Crippen LogP contribution in [0, 0.1) is 0 Å². The van der Waals surface area contributed by atoms with Crippen LogP contribution in [-0.2, 0) is 16.1 Å². The highest BCUT2D eigenvalue weighted by atomic mass is 16.5. The van der Waals surface area contributed by atoms with Crippen LogP contribution >= 0.6 is 0 Å². The van der Waals surface area contributed by atoms with E-state index in [0.717, 1.165) is 12.1 Å². The van der Waals surface area contributed by atoms with E-state index in [-0.39, 0.29) is 25.0 Å². The van der Waals surface area contributed by atoms with Gasteiger partial charge in [0.25, 0.3) is 5.91 Å². The van der Waals surface area contributed by atoms with E-state index in [9.17, 15) is 9.59 Å². The van der Waals surface area contributed by atoms with Gasteiger partial charge in [-0.3, -0.25) is 9.59 Å². The number of imidazole rings is 1. The van der Waals surface area contributed by atoms with Crippen LogP contribution in [0.1, 0.15) is 0 Å². The van der Waals surface area contributed by atoms with Gasteiger partial charge >= 0.3 is 0 Å². The Kier molecular flexibility index (Phi) is 6.80. The van der Waals surface area contributed by atoms with Crippen molar-refractivity contribution in [2.75, 3.05) is 39.1 Å². The minimum atomic E-state index is -0.257. The van der Waals surface area contributed by atoms with Crippen LogP contribution in [0.15, 0.2) is 54.9 Å². The predicted octanol–water partition coefficient (Wildman–Crippen LogP) is 1.73. The molecule has 0 aliphatic heterocycles. The minimum Gasteiger partial charge on any atom is -0.484 e. The first-order chi connectivity index (χ1) is 14.0. The zero-order valence-corrected chi connectivity index (χ0v) is 16.6. The average Bonchev–Trinajstić information content (AvgIpc) is 3.09. The zero-order valence-electron chi connectivity index (χ0n) is 16.6. The lowest BCUT2D eigenvalue weighted by Gasteiger charge is -2.11. The maximum atomic E-state index is 12.1. The summed E-state index contributed by atoms with van der Waals surface area (Å²) in [4.78, 5) is 30.5. The number of nitrogens with one attached hydrogen (secondary N) is 2. The molecule has 1 heterocycles. The standard InChI is InChI=1S/C21H25N5O3/c1-25(2)11-10-22-20(27)13-26-15-23-18-12-16(8-9-19(18)26)24-21(28)14-29-17-6-4-3-5-7-17/h3-9,12,15H,10-11,13-14H2,1-2H3,(H,22,27)(H,24,28). The molecule has 3 rings (SSSR count). The van der Waals surface area contributed by atoms with E-state index >= 15 is 0 Å². The molecule has 29 heavy (non-hydrogen) atoms. The molecule has 0 fully saturated rings. The number of para-hydroxylation sites is 1. The number of hydrogen-bond donors (Lipinski definition) is 2. The number of hydrogen-bond acceptors (Lipinski definition) is 5. The van der Waals surface area contributed by atoms with Gasteiger partial charge in [0, 0.05) is 18.8 Å². The third kappa shape index (κ3) is 6.05. The quantitative estimate of drug-likeness (QED) is 0.576. The van der Waals surface area contributed by atoms with Gasteiger partial charge < -0.3 is 24.8 Å². The van der Waals surface area contributed by atoms with E-state index in [2.05, 4.69) is 15.6 Å². The number of aromatic nitrogens is 2. The lowest BCUT2D eigenvalue weighted by atomic mass is 10.2. The highest BCUT2D eigenvalue weighted by molar-refractivity contribution is 5.94. The molecule has 152 valence electrons. The molecule has 0 radical (unpaired) electrons. The third-order valence-electron chi connectivity index (χ3n) is 4.21. The van der Waals surface area contributed by atoms with Crippen LogP contribution in [-0.4, -0.2) is 60.1 Å². The van der Waals surface area contributed by atoms with Gasteiger partial charge in [0.15, 0.2) is 6.61 Å². The van der Waals surface area contributed by atoms with E-state index < -0.39 is 0 Å². The molecule has 0 bridgehead atoms. The maximum absolute atomic E-state index is 12.1. The summed E-state index contributed by atoms with van der Waals surface area (Å²) in [5.41, 5.74) is 2.15. The van der Waals surface area contributed by atoms with Gasteiger partial charge in [-0.15, -0.1) is 0 Å². The van der Waals surface area contributed by atoms with E-state index in [1.165, 1.54) is 0 Å². The van der Waals surface area contributed by atoms with Crippen LogP contribution in [0.3, 0.4) is 0 Å². The fourth-order valence-corrected chi connectivity index (χ4v) is 2.76. The molecule has 0 atom stereocenters. The molecular weight excluding hydrogens is 370 g/mol. The molecule has 1 aromatic heterocycles. The van der Waals surface area contributed by atoms with Crippen molar-refractivity contribution in [1.29, 1.82) is 0 Å². The van der Waals surface area contributed by atoms with Crippen molar-refractivity contribution in [1.82, 2.24) is 19.8 Å². The molecule has 0 aliphatic rings. The Morgan fingerprint density at radius 1 is 1.10 bits per heavy atom. The molecule has 0 unspecified atom stereocenters. The Balaban J connectivity index is 1.55. The molecule has 0 spiro atoms. The second-order valence-electron chi connectivity index (χ2n) is 6.88. The number of benzene rings is 2. The summed E-state index contributed by atoms with van der Waals surface area (Å²) in [7, 11) is 3.92. The average molecular weight is 395 g/mol. The summed E-state index contributed by atoms with van der Waals surface area (Å²) in [5.74, 6) is 0.315. The molecule has 2 aromatic carbocycles. The lowest BCUT2D eigenvalue weighted by Crippen LogP contribution is -2.33. The summed E-state index contributed by atoms with van der Waals surface area (Å²) in [5, 5.41) is 5.68. The van der Waals surface area contributed by atoms with Crippen molar-refractivity contribution >= 4 is 28.5 Å². The van der Waals surface area contributed by atoms with Gasteiger partial charge in [-0.25, -0.2) is 4.98 Å². The first-order valence-corrected chi connectivity index (χ1v) is 9.35. The van der Waals surface area contributed by atoms with Crippen molar-refractivity contribution in [2.45, 2.75) is 6.54 Å². The molecule has 0 saturated heterocycles. The summed E-state index contributed by atoms with van der Waals surface area (Å²) in [6.45, 7) is 1.50. The number of fused-ring (bicyclic) bond motifs is 1. The number of rotatable bonds is 9. The van der Waals surface area contributed by atoms with Gasteiger partial charge in [-0.05, 0) is 44.4 Å². The number of carbonyl (C=O) groups is 2. The number of amides is 2. The van der Waals surface area contributed by atoms with Gasteiger partial charge in [-0.2, -0.15) is 0 Å². The molecule has 3 aromatic rings. The van der Waals surface area contributed by atoms with Gasteiger partial charge in [0.1, 0.15) is 12.3 Å². The Hall–Kier alpha value is -3.39. The molecular formula is C21H25N5O3. The van der Waals surface area contributed by atoms with Crippen LogP contribution in [0.2, 0.25) is 0 Å². The van der Waals surface area contributed by atoms with E-state index in [0.29, 0.717) is 23.5 Å². The number of nitrogens with zero attached hydrogens (tertiary/aromatic N) is 3. The molecule has 8 heteroatoms. The van der Waals surface area contributed by atoms with E-state index in [1.807, 2.05) is 43.3 Å². The zero-order chi connectivity index (χ0) is 20.6. The monoisotopic (exact) mass is 395 g/mol. The topological polar surface area (TPSA) is 88.5 Å². The highest BCUT2D eigenvalue weighted by Crippen LogP contribution is 2.18. The van der Waals surface area contributed by atoms with Crippen LogP contribution in [0.4, 0.5) is 5.69 Å². The summed E-state index contributed by atoms with van der Waals surface area (Å²) in [6.07, 6.45) is 1.63.